The molecule has 0 aromatic heterocycles. The van der Waals surface area contributed by atoms with Crippen molar-refractivity contribution in [3.05, 3.63) is 35.4 Å². The zero-order valence-corrected chi connectivity index (χ0v) is 11.6. The molecule has 0 aliphatic rings. The third-order valence-electron chi connectivity index (χ3n) is 3.00. The van der Waals surface area contributed by atoms with E-state index < -0.39 is 0 Å². The molecular formula is C14H23N3O2. The number of aliphatic hydroxyl groups excluding tert-OH is 1. The Labute approximate surface area is 114 Å². The first-order valence-corrected chi connectivity index (χ1v) is 6.45. The first kappa shape index (κ1) is 15.6. The molecule has 0 aliphatic heterocycles. The van der Waals surface area contributed by atoms with E-state index in [1.54, 1.807) is 6.92 Å². The summed E-state index contributed by atoms with van der Waals surface area (Å²) >= 11 is 0. The molecule has 1 aromatic rings. The van der Waals surface area contributed by atoms with Crippen LogP contribution in [0.3, 0.4) is 0 Å². The van der Waals surface area contributed by atoms with Crippen LogP contribution in [0.2, 0.25) is 0 Å². The quantitative estimate of drug-likeness (QED) is 0.379. The Kier molecular flexibility index (Phi) is 6.49. The maximum atomic E-state index is 11.4. The highest BCUT2D eigenvalue weighted by atomic mass is 16.3. The molecule has 0 bridgehead atoms. The zero-order valence-electron chi connectivity index (χ0n) is 11.6. The molecule has 0 heterocycles. The van der Waals surface area contributed by atoms with E-state index in [2.05, 4.69) is 10.3 Å². The zero-order chi connectivity index (χ0) is 14.3. The van der Waals surface area contributed by atoms with Crippen molar-refractivity contribution in [2.75, 3.05) is 13.6 Å². The van der Waals surface area contributed by atoms with Crippen LogP contribution in [0.4, 0.5) is 0 Å². The molecule has 4 N–H and O–H groups in total. The van der Waals surface area contributed by atoms with Crippen molar-refractivity contribution in [2.24, 2.45) is 5.84 Å². The minimum atomic E-state index is -0.291. The number of hydrazine groups is 1. The topological polar surface area (TPSA) is 78.6 Å². The third kappa shape index (κ3) is 5.83. The Morgan fingerprint density at radius 2 is 2.05 bits per heavy atom. The van der Waals surface area contributed by atoms with Crippen molar-refractivity contribution in [2.45, 2.75) is 32.4 Å². The molecule has 106 valence electrons. The van der Waals surface area contributed by atoms with Crippen LogP contribution in [0.5, 0.6) is 0 Å². The summed E-state index contributed by atoms with van der Waals surface area (Å²) in [6, 6.07) is 7.82. The Morgan fingerprint density at radius 3 is 2.63 bits per heavy atom. The molecule has 1 atom stereocenters. The predicted molar refractivity (Wildman–Crippen MR) is 75.1 cm³/mol. The van der Waals surface area contributed by atoms with Crippen molar-refractivity contribution < 1.29 is 9.90 Å². The molecule has 0 radical (unpaired) electrons. The molecule has 1 rings (SSSR count). The van der Waals surface area contributed by atoms with Gasteiger partial charge in [-0.3, -0.25) is 10.2 Å². The lowest BCUT2D eigenvalue weighted by atomic mass is 10.0. The largest absolute Gasteiger partial charge is 0.393 e. The lowest BCUT2D eigenvalue weighted by Gasteiger charge is -2.19. The predicted octanol–water partition coefficient (Wildman–Crippen LogP) is 0.422. The highest BCUT2D eigenvalue weighted by Crippen LogP contribution is 2.12. The van der Waals surface area contributed by atoms with Gasteiger partial charge in [0.2, 0.25) is 5.91 Å². The second-order valence-corrected chi connectivity index (χ2v) is 4.89. The molecule has 0 fully saturated rings. The number of nitrogens with one attached hydrogen (secondary N) is 1. The van der Waals surface area contributed by atoms with E-state index in [-0.39, 0.29) is 18.4 Å². The van der Waals surface area contributed by atoms with Gasteiger partial charge in [-0.25, -0.2) is 5.84 Å². The number of nitrogens with two attached hydrogens (primary N) is 1. The summed E-state index contributed by atoms with van der Waals surface area (Å²) in [6.07, 6.45) is 0.736. The van der Waals surface area contributed by atoms with Crippen LogP contribution in [0.15, 0.2) is 24.3 Å². The normalized spacial score (nSPS) is 12.5. The van der Waals surface area contributed by atoms with E-state index in [0.717, 1.165) is 30.6 Å². The molecule has 19 heavy (non-hydrogen) atoms. The molecule has 1 unspecified atom stereocenters. The molecule has 0 aliphatic carbocycles. The number of nitrogens with zero attached hydrogens (tertiary/aromatic N) is 1. The van der Waals surface area contributed by atoms with Crippen LogP contribution in [-0.2, 0) is 17.8 Å². The number of hydrogen-bond acceptors (Lipinski definition) is 4. The number of rotatable bonds is 7. The SMILES string of the molecule is CC(O)CCN(C)Cc1ccccc1CC(=O)NN. The number of amides is 1. The fraction of sp³-hybridized carbons (Fsp3) is 0.500. The van der Waals surface area contributed by atoms with E-state index in [1.165, 1.54) is 0 Å². The van der Waals surface area contributed by atoms with Gasteiger partial charge < -0.3 is 10.0 Å². The summed E-state index contributed by atoms with van der Waals surface area (Å²) in [5.74, 6) is 4.92. The minimum Gasteiger partial charge on any atom is -0.393 e. The average molecular weight is 265 g/mol. The third-order valence-corrected chi connectivity index (χ3v) is 3.00. The van der Waals surface area contributed by atoms with Gasteiger partial charge in [-0.15, -0.1) is 0 Å². The standard InChI is InChI=1S/C14H23N3O2/c1-11(18)7-8-17(2)10-13-6-4-3-5-12(13)9-14(19)16-15/h3-6,11,18H,7-10,15H2,1-2H3,(H,16,19). The van der Waals surface area contributed by atoms with Gasteiger partial charge in [-0.05, 0) is 31.5 Å². The van der Waals surface area contributed by atoms with Crippen LogP contribution in [0.1, 0.15) is 24.5 Å². The number of benzene rings is 1. The van der Waals surface area contributed by atoms with Crippen LogP contribution in [0, 0.1) is 0 Å². The summed E-state index contributed by atoms with van der Waals surface area (Å²) < 4.78 is 0. The van der Waals surface area contributed by atoms with Crippen LogP contribution in [-0.4, -0.2) is 35.6 Å². The molecule has 0 spiro atoms. The van der Waals surface area contributed by atoms with E-state index >= 15 is 0 Å². The monoisotopic (exact) mass is 265 g/mol. The minimum absolute atomic E-state index is 0.195. The van der Waals surface area contributed by atoms with Gasteiger partial charge in [0, 0.05) is 13.1 Å². The van der Waals surface area contributed by atoms with Crippen molar-refractivity contribution in [1.29, 1.82) is 0 Å². The summed E-state index contributed by atoms with van der Waals surface area (Å²) in [5, 5.41) is 9.28. The Balaban J connectivity index is 2.64. The van der Waals surface area contributed by atoms with Gasteiger partial charge in [-0.1, -0.05) is 24.3 Å². The van der Waals surface area contributed by atoms with Crippen molar-refractivity contribution in [1.82, 2.24) is 10.3 Å². The van der Waals surface area contributed by atoms with Gasteiger partial charge >= 0.3 is 0 Å². The van der Waals surface area contributed by atoms with Gasteiger partial charge in [0.1, 0.15) is 0 Å². The summed E-state index contributed by atoms with van der Waals surface area (Å²) in [5.41, 5.74) is 4.24. The van der Waals surface area contributed by atoms with E-state index in [4.69, 9.17) is 5.84 Å². The smallest absolute Gasteiger partial charge is 0.238 e. The van der Waals surface area contributed by atoms with E-state index in [1.807, 2.05) is 31.3 Å². The number of hydrogen-bond donors (Lipinski definition) is 3. The molecule has 0 saturated carbocycles. The van der Waals surface area contributed by atoms with Gasteiger partial charge in [-0.2, -0.15) is 0 Å². The molecule has 1 amide bonds. The van der Waals surface area contributed by atoms with Crippen molar-refractivity contribution >= 4 is 5.91 Å². The Morgan fingerprint density at radius 1 is 1.42 bits per heavy atom. The van der Waals surface area contributed by atoms with Crippen molar-refractivity contribution in [3.8, 4) is 0 Å². The van der Waals surface area contributed by atoms with Crippen LogP contribution in [0.25, 0.3) is 0 Å². The highest BCUT2D eigenvalue weighted by molar-refractivity contribution is 5.78. The Hall–Kier alpha value is -1.43. The molecule has 1 aromatic carbocycles. The molecule has 5 nitrogen and oxygen atoms in total. The maximum Gasteiger partial charge on any atom is 0.238 e. The Bertz CT molecular complexity index is 407. The highest BCUT2D eigenvalue weighted by Gasteiger charge is 2.09. The number of carbonyl (C=O) groups excluding carboxylic acids is 1. The van der Waals surface area contributed by atoms with E-state index in [0.29, 0.717) is 0 Å². The van der Waals surface area contributed by atoms with Gasteiger partial charge in [0.15, 0.2) is 0 Å². The lowest BCUT2D eigenvalue weighted by Crippen LogP contribution is -2.32. The average Bonchev–Trinajstić information content (AvgIpc) is 2.38. The summed E-state index contributed by atoms with van der Waals surface area (Å²) in [6.45, 7) is 3.35. The van der Waals surface area contributed by atoms with Crippen LogP contribution >= 0.6 is 0 Å². The summed E-state index contributed by atoms with van der Waals surface area (Å²) in [7, 11) is 2.00. The number of aliphatic hydroxyl groups is 1. The molecule has 5 heteroatoms. The van der Waals surface area contributed by atoms with Gasteiger partial charge in [0.05, 0.1) is 12.5 Å². The molecule has 0 saturated heterocycles. The summed E-state index contributed by atoms with van der Waals surface area (Å²) in [4.78, 5) is 13.5. The second-order valence-electron chi connectivity index (χ2n) is 4.89. The second kappa shape index (κ2) is 7.89. The maximum absolute atomic E-state index is 11.4. The van der Waals surface area contributed by atoms with Gasteiger partial charge in [0.25, 0.3) is 0 Å². The van der Waals surface area contributed by atoms with Crippen LogP contribution < -0.4 is 11.3 Å². The number of carbonyl (C=O) groups is 1. The molecular weight excluding hydrogens is 242 g/mol. The fourth-order valence-electron chi connectivity index (χ4n) is 1.89. The van der Waals surface area contributed by atoms with Crippen molar-refractivity contribution in [3.63, 3.8) is 0 Å². The first-order chi connectivity index (χ1) is 9.02. The fourth-order valence-corrected chi connectivity index (χ4v) is 1.89. The lowest BCUT2D eigenvalue weighted by molar-refractivity contribution is -0.120. The van der Waals surface area contributed by atoms with E-state index in [9.17, 15) is 9.90 Å². The first-order valence-electron chi connectivity index (χ1n) is 6.45.